The monoisotopic (exact) mass is 236 g/mol. The van der Waals surface area contributed by atoms with Gasteiger partial charge in [-0.3, -0.25) is 15.0 Å². The molecule has 0 bridgehead atoms. The molecule has 0 saturated carbocycles. The van der Waals surface area contributed by atoms with Crippen molar-refractivity contribution in [1.29, 1.82) is 0 Å². The zero-order valence-corrected chi connectivity index (χ0v) is 9.28. The van der Waals surface area contributed by atoms with Gasteiger partial charge in [0.25, 0.3) is 0 Å². The lowest BCUT2D eigenvalue weighted by molar-refractivity contribution is -0.494. The first kappa shape index (κ1) is 11.4. The van der Waals surface area contributed by atoms with E-state index in [0.717, 1.165) is 0 Å². The minimum Gasteiger partial charge on any atom is -0.464 e. The molecule has 1 aliphatic heterocycles. The highest BCUT2D eigenvalue weighted by molar-refractivity contribution is 5.87. The molecule has 0 aliphatic carbocycles. The highest BCUT2D eigenvalue weighted by Gasteiger charge is 2.63. The van der Waals surface area contributed by atoms with Crippen LogP contribution in [0.2, 0.25) is 0 Å². The van der Waals surface area contributed by atoms with E-state index < -0.39 is 23.1 Å². The Morgan fingerprint density at radius 3 is 2.65 bits per heavy atom. The van der Waals surface area contributed by atoms with Gasteiger partial charge in [-0.2, -0.15) is 0 Å². The van der Waals surface area contributed by atoms with E-state index in [9.17, 15) is 14.9 Å². The fourth-order valence-corrected chi connectivity index (χ4v) is 1.81. The maximum absolute atomic E-state index is 11.5. The van der Waals surface area contributed by atoms with E-state index in [0.29, 0.717) is 5.69 Å². The van der Waals surface area contributed by atoms with E-state index in [-0.39, 0.29) is 6.61 Å². The van der Waals surface area contributed by atoms with Crippen LogP contribution in [0.3, 0.4) is 0 Å². The molecule has 0 amide bonds. The van der Waals surface area contributed by atoms with E-state index in [1.54, 1.807) is 31.2 Å². The lowest BCUT2D eigenvalue weighted by atomic mass is 10.3. The van der Waals surface area contributed by atoms with Crippen LogP contribution >= 0.6 is 0 Å². The molecule has 6 nitrogen and oxygen atoms in total. The molecule has 1 aromatic rings. The Labute approximate surface area is 97.9 Å². The molecular weight excluding hydrogens is 224 g/mol. The summed E-state index contributed by atoms with van der Waals surface area (Å²) in [5.74, 6) is -0.543. The fraction of sp³-hybridized carbons (Fsp3) is 0.364. The summed E-state index contributed by atoms with van der Waals surface area (Å²) in [4.78, 5) is 23.3. The van der Waals surface area contributed by atoms with Crippen molar-refractivity contribution in [3.8, 4) is 0 Å². The zero-order chi connectivity index (χ0) is 12.4. The summed E-state index contributed by atoms with van der Waals surface area (Å²) in [6.07, 6.45) is -1.00. The number of nitro groups is 1. The number of anilines is 1. The number of ether oxygens (including phenoxy) is 1. The van der Waals surface area contributed by atoms with Gasteiger partial charge in [-0.25, -0.2) is 4.79 Å². The van der Waals surface area contributed by atoms with Crippen molar-refractivity contribution < 1.29 is 14.5 Å². The Kier molecular flexibility index (Phi) is 2.95. The predicted molar refractivity (Wildman–Crippen MR) is 60.1 cm³/mol. The molecule has 1 fully saturated rings. The molecule has 0 aromatic heterocycles. The summed E-state index contributed by atoms with van der Waals surface area (Å²) in [7, 11) is 0. The fourth-order valence-electron chi connectivity index (χ4n) is 1.81. The first-order valence-electron chi connectivity index (χ1n) is 5.30. The van der Waals surface area contributed by atoms with Gasteiger partial charge in [-0.05, 0) is 19.1 Å². The number of para-hydroxylation sites is 1. The molecule has 0 N–H and O–H groups in total. The molecule has 1 aliphatic rings. The topological polar surface area (TPSA) is 72.5 Å². The molecule has 2 unspecified atom stereocenters. The van der Waals surface area contributed by atoms with E-state index in [1.807, 2.05) is 6.07 Å². The number of rotatable bonds is 4. The van der Waals surface area contributed by atoms with Gasteiger partial charge >= 0.3 is 12.1 Å². The number of nitrogens with zero attached hydrogens (tertiary/aromatic N) is 2. The molecule has 6 heteroatoms. The normalized spacial score (nSPS) is 22.1. The van der Waals surface area contributed by atoms with E-state index >= 15 is 0 Å². The van der Waals surface area contributed by atoms with Crippen molar-refractivity contribution in [2.24, 2.45) is 0 Å². The van der Waals surface area contributed by atoms with E-state index in [2.05, 4.69) is 0 Å². The number of hydrogen-bond acceptors (Lipinski definition) is 5. The quantitative estimate of drug-likeness (QED) is 0.338. The van der Waals surface area contributed by atoms with Crippen LogP contribution in [0, 0.1) is 10.1 Å². The van der Waals surface area contributed by atoms with Crippen molar-refractivity contribution in [2.75, 3.05) is 11.5 Å². The summed E-state index contributed by atoms with van der Waals surface area (Å²) >= 11 is 0. The van der Waals surface area contributed by atoms with Crippen LogP contribution in [0.5, 0.6) is 0 Å². The van der Waals surface area contributed by atoms with Crippen LogP contribution in [-0.4, -0.2) is 29.7 Å². The van der Waals surface area contributed by atoms with Gasteiger partial charge in [0.1, 0.15) is 0 Å². The summed E-state index contributed by atoms with van der Waals surface area (Å²) in [6, 6.07) is 8.02. The second-order valence-corrected chi connectivity index (χ2v) is 3.64. The Morgan fingerprint density at radius 2 is 2.12 bits per heavy atom. The van der Waals surface area contributed by atoms with Crippen LogP contribution in [0.15, 0.2) is 30.3 Å². The molecule has 1 aromatic carbocycles. The maximum Gasteiger partial charge on any atom is 0.338 e. The average Bonchev–Trinajstić information content (AvgIpc) is 3.06. The van der Waals surface area contributed by atoms with Gasteiger partial charge in [-0.15, -0.1) is 0 Å². The van der Waals surface area contributed by atoms with Gasteiger partial charge in [0.2, 0.25) is 6.04 Å². The Balaban J connectivity index is 2.18. The van der Waals surface area contributed by atoms with Crippen molar-refractivity contribution in [2.45, 2.75) is 19.1 Å². The molecule has 1 saturated heterocycles. The summed E-state index contributed by atoms with van der Waals surface area (Å²) in [5, 5.41) is 10.8. The van der Waals surface area contributed by atoms with Crippen molar-refractivity contribution in [3.63, 3.8) is 0 Å². The highest BCUT2D eigenvalue weighted by atomic mass is 16.6. The minimum absolute atomic E-state index is 0.225. The number of carbonyl (C=O) groups excluding carboxylic acids is 1. The Hall–Kier alpha value is -2.11. The molecule has 2 rings (SSSR count). The summed E-state index contributed by atoms with van der Waals surface area (Å²) in [6.45, 7) is 1.90. The van der Waals surface area contributed by atoms with Crippen LogP contribution < -0.4 is 4.90 Å². The number of benzene rings is 1. The Morgan fingerprint density at radius 1 is 1.47 bits per heavy atom. The van der Waals surface area contributed by atoms with Crippen LogP contribution in [0.25, 0.3) is 0 Å². The first-order valence-corrected chi connectivity index (χ1v) is 5.30. The average molecular weight is 236 g/mol. The largest absolute Gasteiger partial charge is 0.464 e. The number of esters is 1. The highest BCUT2D eigenvalue weighted by Crippen LogP contribution is 2.36. The second-order valence-electron chi connectivity index (χ2n) is 3.64. The van der Waals surface area contributed by atoms with Gasteiger partial charge in [0.05, 0.1) is 6.61 Å². The molecule has 17 heavy (non-hydrogen) atoms. The van der Waals surface area contributed by atoms with Crippen LogP contribution in [0.1, 0.15) is 6.92 Å². The molecule has 0 radical (unpaired) electrons. The molecule has 0 spiro atoms. The van der Waals surface area contributed by atoms with Crippen molar-refractivity contribution in [1.82, 2.24) is 0 Å². The van der Waals surface area contributed by atoms with Crippen LogP contribution in [0.4, 0.5) is 5.69 Å². The van der Waals surface area contributed by atoms with E-state index in [1.165, 1.54) is 4.90 Å². The molecule has 90 valence electrons. The zero-order valence-electron chi connectivity index (χ0n) is 9.28. The number of hydrogen-bond donors (Lipinski definition) is 0. The molecular formula is C11H12N2O4. The standard InChI is InChI=1S/C11H12N2O4/c1-2-17-11(14)9-10(13(15)16)12(9)8-6-4-3-5-7-8/h3-7,9-10H,2H2,1H3. The SMILES string of the molecule is CCOC(=O)C1C([N+](=O)[O-])N1c1ccccc1. The smallest absolute Gasteiger partial charge is 0.338 e. The third-order valence-corrected chi connectivity index (χ3v) is 2.58. The van der Waals surface area contributed by atoms with Crippen molar-refractivity contribution in [3.05, 3.63) is 40.4 Å². The lowest BCUT2D eigenvalue weighted by Crippen LogP contribution is -2.17. The van der Waals surface area contributed by atoms with E-state index in [4.69, 9.17) is 4.74 Å². The van der Waals surface area contributed by atoms with Gasteiger partial charge < -0.3 is 4.74 Å². The predicted octanol–water partition coefficient (Wildman–Crippen LogP) is 1.04. The third-order valence-electron chi connectivity index (χ3n) is 2.58. The Bertz CT molecular complexity index is 434. The van der Waals surface area contributed by atoms with Gasteiger partial charge in [0.15, 0.2) is 0 Å². The maximum atomic E-state index is 11.5. The van der Waals surface area contributed by atoms with Crippen molar-refractivity contribution >= 4 is 11.7 Å². The molecule has 2 atom stereocenters. The molecule has 1 heterocycles. The van der Waals surface area contributed by atoms with Gasteiger partial charge in [0, 0.05) is 10.6 Å². The third kappa shape index (κ3) is 2.06. The minimum atomic E-state index is -1.00. The number of carbonyl (C=O) groups is 1. The first-order chi connectivity index (χ1) is 8.16. The summed E-state index contributed by atoms with van der Waals surface area (Å²) < 4.78 is 4.81. The summed E-state index contributed by atoms with van der Waals surface area (Å²) in [5.41, 5.74) is 0.659. The lowest BCUT2D eigenvalue weighted by Gasteiger charge is -2.02. The van der Waals surface area contributed by atoms with Gasteiger partial charge in [-0.1, -0.05) is 18.2 Å². The second kappa shape index (κ2) is 4.40. The van der Waals surface area contributed by atoms with Crippen LogP contribution in [-0.2, 0) is 9.53 Å².